The van der Waals surface area contributed by atoms with Crippen LogP contribution in [-0.4, -0.2) is 38.7 Å². The molecule has 2 rings (SSSR count). The van der Waals surface area contributed by atoms with E-state index in [1.165, 1.54) is 33.7 Å². The minimum atomic E-state index is 0.0440. The molecule has 0 saturated heterocycles. The number of nitrogens with zero attached hydrogens (tertiary/aromatic N) is 2. The topological polar surface area (TPSA) is 48.8 Å². The molecule has 1 aromatic heterocycles. The van der Waals surface area contributed by atoms with Crippen LogP contribution in [0.15, 0.2) is 16.6 Å². The van der Waals surface area contributed by atoms with Crippen molar-refractivity contribution in [1.29, 1.82) is 0 Å². The molecule has 2 atom stereocenters. The summed E-state index contributed by atoms with van der Waals surface area (Å²) in [5.41, 5.74) is 3.89. The summed E-state index contributed by atoms with van der Waals surface area (Å²) in [6.45, 7) is 16.6. The van der Waals surface area contributed by atoms with Crippen LogP contribution in [0.4, 0.5) is 0 Å². The highest BCUT2D eigenvalue weighted by Gasteiger charge is 2.32. The van der Waals surface area contributed by atoms with Crippen molar-refractivity contribution >= 4 is 29.6 Å². The van der Waals surface area contributed by atoms with Crippen molar-refractivity contribution in [2.24, 2.45) is 15.9 Å². The molecule has 1 aromatic rings. The second kappa shape index (κ2) is 9.91. The third kappa shape index (κ3) is 4.56. The van der Waals surface area contributed by atoms with E-state index in [0.29, 0.717) is 5.92 Å². The van der Waals surface area contributed by atoms with E-state index in [-0.39, 0.29) is 6.04 Å². The summed E-state index contributed by atoms with van der Waals surface area (Å²) in [4.78, 5) is 11.8. The van der Waals surface area contributed by atoms with Gasteiger partial charge >= 0.3 is 0 Å². The monoisotopic (exact) mass is 374 g/mol. The average molecular weight is 375 g/mol. The Balaban J connectivity index is 2.23. The smallest absolute Gasteiger partial charge is 0.121 e. The molecule has 2 N–H and O–H groups in total. The lowest BCUT2D eigenvalue weighted by atomic mass is 9.81. The summed E-state index contributed by atoms with van der Waals surface area (Å²) in [5.74, 6) is 1.40. The number of aryl methyl sites for hydroxylation is 2. The predicted octanol–water partition coefficient (Wildman–Crippen LogP) is 4.23. The third-order valence-corrected chi connectivity index (χ3v) is 6.38. The molecule has 0 amide bonds. The van der Waals surface area contributed by atoms with Crippen LogP contribution in [-0.2, 0) is 12.8 Å². The molecule has 0 spiro atoms. The Morgan fingerprint density at radius 1 is 1.35 bits per heavy atom. The number of amidine groups is 1. The fourth-order valence-electron chi connectivity index (χ4n) is 3.87. The molecular formula is C21H34N4S. The highest BCUT2D eigenvalue weighted by Crippen LogP contribution is 2.39. The highest BCUT2D eigenvalue weighted by atomic mass is 32.1. The number of nitrogens with one attached hydrogen (secondary N) is 2. The molecule has 1 aliphatic carbocycles. The van der Waals surface area contributed by atoms with Crippen LogP contribution < -0.4 is 10.6 Å². The zero-order valence-corrected chi connectivity index (χ0v) is 17.6. The maximum Gasteiger partial charge on any atom is 0.121 e. The van der Waals surface area contributed by atoms with E-state index < -0.39 is 0 Å². The quantitative estimate of drug-likeness (QED) is 0.386. The van der Waals surface area contributed by atoms with E-state index in [0.717, 1.165) is 43.9 Å². The Bertz CT molecular complexity index is 659. The second-order valence-electron chi connectivity index (χ2n) is 6.96. The van der Waals surface area contributed by atoms with Crippen LogP contribution >= 0.6 is 11.3 Å². The number of aliphatic imine (C=N–C) groups is 2. The average Bonchev–Trinajstić information content (AvgIpc) is 2.96. The van der Waals surface area contributed by atoms with Gasteiger partial charge in [-0.2, -0.15) is 0 Å². The zero-order valence-electron chi connectivity index (χ0n) is 16.8. The van der Waals surface area contributed by atoms with Gasteiger partial charge in [0.2, 0.25) is 0 Å². The van der Waals surface area contributed by atoms with Crippen molar-refractivity contribution < 1.29 is 0 Å². The van der Waals surface area contributed by atoms with E-state index in [9.17, 15) is 0 Å². The van der Waals surface area contributed by atoms with Crippen LogP contribution in [0.2, 0.25) is 0 Å². The van der Waals surface area contributed by atoms with Gasteiger partial charge in [0, 0.05) is 41.2 Å². The molecule has 0 aromatic carbocycles. The van der Waals surface area contributed by atoms with Gasteiger partial charge in [0.1, 0.15) is 11.9 Å². The predicted molar refractivity (Wildman–Crippen MR) is 117 cm³/mol. The van der Waals surface area contributed by atoms with Gasteiger partial charge in [-0.25, -0.2) is 0 Å². The minimum Gasteiger partial charge on any atom is -0.385 e. The fraction of sp³-hybridized carbons (Fsp3) is 0.619. The molecule has 0 saturated carbocycles. The normalized spacial score (nSPS) is 18.2. The Kier molecular flexibility index (Phi) is 7.88. The van der Waals surface area contributed by atoms with Crippen molar-refractivity contribution in [1.82, 2.24) is 10.6 Å². The summed E-state index contributed by atoms with van der Waals surface area (Å²) in [7, 11) is 1.84. The van der Waals surface area contributed by atoms with E-state index in [4.69, 9.17) is 0 Å². The summed E-state index contributed by atoms with van der Waals surface area (Å²) >= 11 is 1.94. The standard InChI is InChI=1S/C21H34N4S/c1-7-9-12-25-14(3)19-15(4)26-18-11-10-16(13-17(18)19)20(22-5)21(23-6)24-8-2/h16,20,25H,3,5,7-13H2,1-2,4,6H3,(H,23,24). The van der Waals surface area contributed by atoms with Gasteiger partial charge in [-0.15, -0.1) is 11.3 Å². The van der Waals surface area contributed by atoms with Gasteiger partial charge in [0.15, 0.2) is 0 Å². The van der Waals surface area contributed by atoms with Crippen LogP contribution in [0, 0.1) is 12.8 Å². The molecule has 144 valence electrons. The first-order valence-electron chi connectivity index (χ1n) is 9.77. The van der Waals surface area contributed by atoms with Crippen LogP contribution in [0.25, 0.3) is 5.70 Å². The van der Waals surface area contributed by atoms with Gasteiger partial charge in [0.25, 0.3) is 0 Å². The largest absolute Gasteiger partial charge is 0.385 e. The fourth-order valence-corrected chi connectivity index (χ4v) is 5.12. The summed E-state index contributed by atoms with van der Waals surface area (Å²) in [6, 6.07) is 0.0440. The first-order chi connectivity index (χ1) is 12.6. The first-order valence-corrected chi connectivity index (χ1v) is 10.6. The van der Waals surface area contributed by atoms with Crippen molar-refractivity contribution in [3.8, 4) is 0 Å². The van der Waals surface area contributed by atoms with E-state index in [2.05, 4.69) is 54.7 Å². The summed E-state index contributed by atoms with van der Waals surface area (Å²) in [6.07, 6.45) is 5.64. The molecule has 5 heteroatoms. The lowest BCUT2D eigenvalue weighted by Crippen LogP contribution is -2.40. The zero-order chi connectivity index (χ0) is 19.1. The van der Waals surface area contributed by atoms with Gasteiger partial charge in [-0.05, 0) is 57.7 Å². The van der Waals surface area contributed by atoms with Crippen LogP contribution in [0.1, 0.15) is 54.0 Å². The van der Waals surface area contributed by atoms with Crippen LogP contribution in [0.3, 0.4) is 0 Å². The first kappa shape index (κ1) is 20.7. The Labute approximate surface area is 162 Å². The van der Waals surface area contributed by atoms with Gasteiger partial charge in [0.05, 0.1) is 0 Å². The third-order valence-electron chi connectivity index (χ3n) is 5.17. The maximum absolute atomic E-state index is 4.44. The number of unbranched alkanes of at least 4 members (excludes halogenated alkanes) is 1. The molecule has 0 fully saturated rings. The number of rotatable bonds is 9. The molecule has 0 bridgehead atoms. The molecular weight excluding hydrogens is 340 g/mol. The number of fused-ring (bicyclic) bond motifs is 1. The van der Waals surface area contributed by atoms with E-state index in [1.807, 2.05) is 18.4 Å². The molecule has 26 heavy (non-hydrogen) atoms. The van der Waals surface area contributed by atoms with E-state index in [1.54, 1.807) is 0 Å². The van der Waals surface area contributed by atoms with E-state index >= 15 is 0 Å². The van der Waals surface area contributed by atoms with Crippen molar-refractivity contribution in [3.63, 3.8) is 0 Å². The lowest BCUT2D eigenvalue weighted by Gasteiger charge is -2.29. The molecule has 0 radical (unpaired) electrons. The van der Waals surface area contributed by atoms with Gasteiger partial charge < -0.3 is 10.6 Å². The Morgan fingerprint density at radius 2 is 2.12 bits per heavy atom. The lowest BCUT2D eigenvalue weighted by molar-refractivity contribution is 0.431. The van der Waals surface area contributed by atoms with Crippen molar-refractivity contribution in [3.05, 3.63) is 27.5 Å². The molecule has 0 aliphatic heterocycles. The summed E-state index contributed by atoms with van der Waals surface area (Å²) < 4.78 is 0. The summed E-state index contributed by atoms with van der Waals surface area (Å²) in [5, 5.41) is 6.90. The highest BCUT2D eigenvalue weighted by molar-refractivity contribution is 7.12. The molecule has 2 unspecified atom stereocenters. The SMILES string of the molecule is C=NC(C(=NC)NCC)C1CCc2sc(C)c(C(=C)NCCCC)c2C1. The Hall–Kier alpha value is -1.62. The number of likely N-dealkylation sites (N-methyl/N-ethyl adjacent to an activating group) is 1. The second-order valence-corrected chi connectivity index (χ2v) is 8.27. The number of hydrogen-bond acceptors (Lipinski definition) is 4. The number of thiophene rings is 1. The Morgan fingerprint density at radius 3 is 2.73 bits per heavy atom. The van der Waals surface area contributed by atoms with Crippen molar-refractivity contribution in [2.75, 3.05) is 20.1 Å². The van der Waals surface area contributed by atoms with Crippen molar-refractivity contribution in [2.45, 2.75) is 58.9 Å². The molecule has 1 aliphatic rings. The number of hydrogen-bond donors (Lipinski definition) is 2. The van der Waals surface area contributed by atoms with Crippen LogP contribution in [0.5, 0.6) is 0 Å². The van der Waals surface area contributed by atoms with Gasteiger partial charge in [-0.3, -0.25) is 9.98 Å². The molecule has 1 heterocycles. The maximum atomic E-state index is 4.44. The minimum absolute atomic E-state index is 0.0440. The van der Waals surface area contributed by atoms with Gasteiger partial charge in [-0.1, -0.05) is 19.9 Å². The molecule has 4 nitrogen and oxygen atoms in total.